The summed E-state index contributed by atoms with van der Waals surface area (Å²) in [6, 6.07) is 3.60. The fraction of sp³-hybridized carbons (Fsp3) is 0.357. The van der Waals surface area contributed by atoms with Crippen molar-refractivity contribution in [2.24, 2.45) is 0 Å². The molecule has 1 aliphatic rings. The number of hydrogen-bond acceptors (Lipinski definition) is 8. The average molecular weight is 335 g/mol. The number of piperazine rings is 1. The molecule has 23 heavy (non-hydrogen) atoms. The van der Waals surface area contributed by atoms with Crippen molar-refractivity contribution < 1.29 is 0 Å². The summed E-state index contributed by atoms with van der Waals surface area (Å²) in [5.41, 5.74) is 10.5. The zero-order chi connectivity index (χ0) is 16.2. The Morgan fingerprint density at radius 3 is 2.61 bits per heavy atom. The Labute approximate surface area is 139 Å². The normalized spacial score (nSPS) is 16.3. The van der Waals surface area contributed by atoms with Gasteiger partial charge in [0.1, 0.15) is 12.0 Å². The number of likely N-dealkylation sites (N-methyl/N-ethyl adjacent to an activating group) is 1. The number of hydrazine groups is 1. The van der Waals surface area contributed by atoms with E-state index in [4.69, 9.17) is 17.3 Å². The van der Waals surface area contributed by atoms with E-state index in [-0.39, 0.29) is 0 Å². The summed E-state index contributed by atoms with van der Waals surface area (Å²) in [6.07, 6.45) is 3.08. The van der Waals surface area contributed by atoms with Crippen LogP contribution in [0.5, 0.6) is 0 Å². The summed E-state index contributed by atoms with van der Waals surface area (Å²) >= 11 is 6.05. The van der Waals surface area contributed by atoms with E-state index in [1.165, 1.54) is 6.33 Å². The first-order valence-electron chi connectivity index (χ1n) is 7.31. The number of nitrogens with two attached hydrogens (primary N) is 1. The Bertz CT molecular complexity index is 672. The largest absolute Gasteiger partial charge is 0.393 e. The van der Waals surface area contributed by atoms with Crippen LogP contribution < -0.4 is 16.5 Å². The van der Waals surface area contributed by atoms with Crippen molar-refractivity contribution in [3.63, 3.8) is 0 Å². The Hall–Kier alpha value is -2.16. The van der Waals surface area contributed by atoms with Crippen molar-refractivity contribution in [3.05, 3.63) is 29.8 Å². The molecule has 0 aromatic carbocycles. The third-order valence-corrected chi connectivity index (χ3v) is 3.96. The first-order valence-corrected chi connectivity index (χ1v) is 7.69. The van der Waals surface area contributed by atoms with Gasteiger partial charge in [-0.05, 0) is 19.2 Å². The van der Waals surface area contributed by atoms with Crippen LogP contribution in [0.1, 0.15) is 0 Å². The highest BCUT2D eigenvalue weighted by Crippen LogP contribution is 2.28. The molecule has 0 atom stereocenters. The Kier molecular flexibility index (Phi) is 4.75. The van der Waals surface area contributed by atoms with Gasteiger partial charge in [0.05, 0.1) is 5.69 Å². The fourth-order valence-electron chi connectivity index (χ4n) is 2.26. The van der Waals surface area contributed by atoms with Crippen molar-refractivity contribution >= 4 is 34.6 Å². The number of nitrogen functional groups attached to an aromatic ring is 1. The molecule has 3 heterocycles. The number of nitrogens with one attached hydrogen (secondary N) is 2. The zero-order valence-corrected chi connectivity index (χ0v) is 13.6. The molecule has 0 radical (unpaired) electrons. The third-order valence-electron chi connectivity index (χ3n) is 3.66. The molecule has 1 saturated heterocycles. The number of rotatable bonds is 4. The van der Waals surface area contributed by atoms with E-state index in [9.17, 15) is 0 Å². The van der Waals surface area contributed by atoms with Gasteiger partial charge in [-0.3, -0.25) is 0 Å². The van der Waals surface area contributed by atoms with Gasteiger partial charge >= 0.3 is 0 Å². The topological polar surface area (TPSA) is 95.2 Å². The second-order valence-electron chi connectivity index (χ2n) is 5.35. The number of halogens is 1. The van der Waals surface area contributed by atoms with Crippen LogP contribution in [-0.4, -0.2) is 58.1 Å². The lowest BCUT2D eigenvalue weighted by molar-refractivity contribution is 0.178. The number of nitrogens with zero attached hydrogens (tertiary/aromatic N) is 5. The van der Waals surface area contributed by atoms with Crippen LogP contribution in [0.25, 0.3) is 0 Å². The highest BCUT2D eigenvalue weighted by Gasteiger charge is 2.16. The van der Waals surface area contributed by atoms with Gasteiger partial charge < -0.3 is 21.4 Å². The molecule has 1 aliphatic heterocycles. The summed E-state index contributed by atoms with van der Waals surface area (Å²) < 4.78 is 0. The quantitative estimate of drug-likeness (QED) is 0.723. The summed E-state index contributed by atoms with van der Waals surface area (Å²) in [4.78, 5) is 14.7. The van der Waals surface area contributed by atoms with E-state index in [0.29, 0.717) is 28.2 Å². The number of pyridine rings is 1. The molecule has 0 spiro atoms. The van der Waals surface area contributed by atoms with Gasteiger partial charge in [-0.25, -0.2) is 20.0 Å². The summed E-state index contributed by atoms with van der Waals surface area (Å²) in [5.74, 6) is 1.07. The van der Waals surface area contributed by atoms with Gasteiger partial charge in [0, 0.05) is 32.4 Å². The molecule has 2 aromatic rings. The molecular weight excluding hydrogens is 316 g/mol. The molecule has 1 fully saturated rings. The Morgan fingerprint density at radius 1 is 1.13 bits per heavy atom. The molecule has 0 saturated carbocycles. The van der Waals surface area contributed by atoms with E-state index >= 15 is 0 Å². The molecule has 0 amide bonds. The average Bonchev–Trinajstić information content (AvgIpc) is 2.55. The van der Waals surface area contributed by atoms with Gasteiger partial charge in [-0.15, -0.1) is 0 Å². The third kappa shape index (κ3) is 3.79. The van der Waals surface area contributed by atoms with Crippen LogP contribution >= 0.6 is 11.6 Å². The van der Waals surface area contributed by atoms with Crippen LogP contribution in [0.15, 0.2) is 24.7 Å². The van der Waals surface area contributed by atoms with Crippen molar-refractivity contribution in [2.45, 2.75) is 0 Å². The first-order chi connectivity index (χ1) is 11.1. The summed E-state index contributed by atoms with van der Waals surface area (Å²) in [5, 5.41) is 5.54. The Balaban J connectivity index is 1.75. The monoisotopic (exact) mass is 334 g/mol. The number of aromatic nitrogens is 3. The van der Waals surface area contributed by atoms with E-state index in [2.05, 4.69) is 42.7 Å². The highest BCUT2D eigenvalue weighted by atomic mass is 35.5. The maximum atomic E-state index is 6.18. The molecular formula is C14H19ClN8. The van der Waals surface area contributed by atoms with E-state index < -0.39 is 0 Å². The minimum atomic E-state index is 0.360. The van der Waals surface area contributed by atoms with Crippen LogP contribution in [0, 0.1) is 0 Å². The lowest BCUT2D eigenvalue weighted by atomic mass is 10.3. The maximum absolute atomic E-state index is 6.18. The lowest BCUT2D eigenvalue weighted by Gasteiger charge is -2.32. The second kappa shape index (κ2) is 6.95. The summed E-state index contributed by atoms with van der Waals surface area (Å²) in [6.45, 7) is 3.79. The molecule has 0 aliphatic carbocycles. The fourth-order valence-corrected chi connectivity index (χ4v) is 2.43. The van der Waals surface area contributed by atoms with Crippen molar-refractivity contribution in [1.29, 1.82) is 0 Å². The van der Waals surface area contributed by atoms with Crippen LogP contribution in [0.2, 0.25) is 5.15 Å². The van der Waals surface area contributed by atoms with Gasteiger partial charge in [0.15, 0.2) is 16.8 Å². The van der Waals surface area contributed by atoms with Gasteiger partial charge in [-0.1, -0.05) is 11.6 Å². The second-order valence-corrected chi connectivity index (χ2v) is 5.71. The number of hydrogen-bond donors (Lipinski definition) is 3. The molecule has 122 valence electrons. The van der Waals surface area contributed by atoms with E-state index in [1.54, 1.807) is 12.3 Å². The van der Waals surface area contributed by atoms with E-state index in [0.717, 1.165) is 26.2 Å². The number of anilines is 4. The van der Waals surface area contributed by atoms with Crippen molar-refractivity contribution in [1.82, 2.24) is 24.9 Å². The summed E-state index contributed by atoms with van der Waals surface area (Å²) in [7, 11) is 2.11. The Morgan fingerprint density at radius 2 is 1.87 bits per heavy atom. The highest BCUT2D eigenvalue weighted by molar-refractivity contribution is 6.32. The minimum absolute atomic E-state index is 0.360. The molecule has 3 rings (SSSR count). The van der Waals surface area contributed by atoms with Crippen molar-refractivity contribution in [3.8, 4) is 0 Å². The SMILES string of the molecule is CN1CCN(Nc2ncnc(Nc3cccnc3Cl)c2N)CC1. The molecule has 0 bridgehead atoms. The first kappa shape index (κ1) is 15.7. The van der Waals surface area contributed by atoms with Crippen LogP contribution in [0.4, 0.5) is 23.0 Å². The molecule has 2 aromatic heterocycles. The predicted molar refractivity (Wildman–Crippen MR) is 91.7 cm³/mol. The smallest absolute Gasteiger partial charge is 0.169 e. The van der Waals surface area contributed by atoms with Gasteiger partial charge in [0.25, 0.3) is 0 Å². The predicted octanol–water partition coefficient (Wildman–Crippen LogP) is 1.43. The molecule has 8 nitrogen and oxygen atoms in total. The zero-order valence-electron chi connectivity index (χ0n) is 12.8. The van der Waals surface area contributed by atoms with Gasteiger partial charge in [0.2, 0.25) is 0 Å². The lowest BCUT2D eigenvalue weighted by Crippen LogP contribution is -2.47. The molecule has 9 heteroatoms. The standard InChI is InChI=1S/C14H19ClN8/c1-22-5-7-23(8-6-22)21-14-11(16)13(18-9-19-14)20-10-3-2-4-17-12(10)15/h2-4,9H,5-8,16H2,1H3,(H2,18,19,20,21). The van der Waals surface area contributed by atoms with Crippen LogP contribution in [-0.2, 0) is 0 Å². The van der Waals surface area contributed by atoms with Crippen molar-refractivity contribution in [2.75, 3.05) is 49.7 Å². The van der Waals surface area contributed by atoms with Crippen LogP contribution in [0.3, 0.4) is 0 Å². The van der Waals surface area contributed by atoms with E-state index in [1.807, 2.05) is 6.07 Å². The molecule has 0 unspecified atom stereocenters. The van der Waals surface area contributed by atoms with Gasteiger partial charge in [-0.2, -0.15) is 0 Å². The molecule has 4 N–H and O–H groups in total. The minimum Gasteiger partial charge on any atom is -0.393 e. The maximum Gasteiger partial charge on any atom is 0.169 e.